The summed E-state index contributed by atoms with van der Waals surface area (Å²) in [4.78, 5) is 0. The summed E-state index contributed by atoms with van der Waals surface area (Å²) >= 11 is 0. The van der Waals surface area contributed by atoms with Crippen molar-refractivity contribution in [1.82, 2.24) is 0 Å². The van der Waals surface area contributed by atoms with Gasteiger partial charge in [-0.1, -0.05) is 19.9 Å². The summed E-state index contributed by atoms with van der Waals surface area (Å²) in [5.74, 6) is 1.45. The van der Waals surface area contributed by atoms with Gasteiger partial charge in [0.25, 0.3) is 5.69 Å². The average Bonchev–Trinajstić information content (AvgIpc) is 2.89. The molecule has 1 N–H and O–H groups in total. The lowest BCUT2D eigenvalue weighted by molar-refractivity contribution is -0.712. The third-order valence-electron chi connectivity index (χ3n) is 4.55. The standard InChI is InChI=1S/C17H20NO3/c1-16(2)7-11-10-5-13-14(21-9-20-13)6-12(10)18(19)15(11)17(3,4)8-16/h5-7,19H,8-9H2,1-4H3/q+1. The minimum absolute atomic E-state index is 0.0898. The van der Waals surface area contributed by atoms with Crippen LogP contribution in [0.15, 0.2) is 18.2 Å². The molecule has 3 aliphatic rings. The van der Waals surface area contributed by atoms with E-state index in [0.29, 0.717) is 5.75 Å². The molecule has 4 heteroatoms. The molecule has 1 aromatic carbocycles. The second-order valence-electron chi connectivity index (χ2n) is 7.49. The van der Waals surface area contributed by atoms with Crippen LogP contribution in [0.2, 0.25) is 0 Å². The maximum atomic E-state index is 10.7. The van der Waals surface area contributed by atoms with Gasteiger partial charge in [0.05, 0.1) is 22.6 Å². The van der Waals surface area contributed by atoms with Gasteiger partial charge in [-0.3, -0.25) is 5.21 Å². The number of nitrogens with zero attached hydrogens (tertiary/aromatic N) is 1. The highest BCUT2D eigenvalue weighted by molar-refractivity contribution is 6.27. The minimum atomic E-state index is -0.0898. The fraction of sp³-hybridized carbons (Fsp3) is 0.471. The van der Waals surface area contributed by atoms with Crippen LogP contribution < -0.4 is 9.47 Å². The summed E-state index contributed by atoms with van der Waals surface area (Å²) in [5.41, 5.74) is 3.91. The van der Waals surface area contributed by atoms with Crippen molar-refractivity contribution in [2.75, 3.05) is 6.79 Å². The van der Waals surface area contributed by atoms with E-state index in [1.165, 1.54) is 4.74 Å². The molecule has 4 nitrogen and oxygen atoms in total. The fourth-order valence-electron chi connectivity index (χ4n) is 4.15. The molecule has 0 spiro atoms. The van der Waals surface area contributed by atoms with Gasteiger partial charge in [-0.2, -0.15) is 0 Å². The molecule has 0 unspecified atom stereocenters. The first-order valence-electron chi connectivity index (χ1n) is 7.32. The van der Waals surface area contributed by atoms with Crippen LogP contribution in [0.25, 0.3) is 5.57 Å². The molecule has 0 bridgehead atoms. The molecule has 0 saturated heterocycles. The van der Waals surface area contributed by atoms with E-state index in [2.05, 4.69) is 33.8 Å². The molecule has 2 aliphatic heterocycles. The van der Waals surface area contributed by atoms with Crippen molar-refractivity contribution in [3.8, 4) is 11.5 Å². The summed E-state index contributed by atoms with van der Waals surface area (Å²) in [6.45, 7) is 9.10. The molecule has 0 amide bonds. The van der Waals surface area contributed by atoms with Crippen LogP contribution in [0.4, 0.5) is 5.69 Å². The van der Waals surface area contributed by atoms with Gasteiger partial charge >= 0.3 is 0 Å². The second kappa shape index (κ2) is 3.62. The van der Waals surface area contributed by atoms with Crippen LogP contribution in [0.5, 0.6) is 11.5 Å². The molecular weight excluding hydrogens is 266 g/mol. The predicted molar refractivity (Wildman–Crippen MR) is 79.4 cm³/mol. The lowest BCUT2D eigenvalue weighted by Crippen LogP contribution is -2.37. The quantitative estimate of drug-likeness (QED) is 0.583. The van der Waals surface area contributed by atoms with Gasteiger partial charge in [0.2, 0.25) is 12.5 Å². The summed E-state index contributed by atoms with van der Waals surface area (Å²) in [6, 6.07) is 3.85. The maximum absolute atomic E-state index is 10.7. The summed E-state index contributed by atoms with van der Waals surface area (Å²) < 4.78 is 12.2. The molecule has 0 atom stereocenters. The van der Waals surface area contributed by atoms with Gasteiger partial charge in [0, 0.05) is 4.74 Å². The van der Waals surface area contributed by atoms with E-state index in [1.807, 2.05) is 12.1 Å². The van der Waals surface area contributed by atoms with Gasteiger partial charge in [-0.15, -0.1) is 0 Å². The van der Waals surface area contributed by atoms with Gasteiger partial charge < -0.3 is 9.47 Å². The van der Waals surface area contributed by atoms with E-state index in [9.17, 15) is 5.21 Å². The van der Waals surface area contributed by atoms with Crippen molar-refractivity contribution in [3.63, 3.8) is 0 Å². The normalized spacial score (nSPS) is 23.7. The highest BCUT2D eigenvalue weighted by Crippen LogP contribution is 2.52. The van der Waals surface area contributed by atoms with E-state index in [-0.39, 0.29) is 17.6 Å². The van der Waals surface area contributed by atoms with Crippen LogP contribution in [0.1, 0.15) is 39.7 Å². The van der Waals surface area contributed by atoms with Crippen molar-refractivity contribution in [1.29, 1.82) is 0 Å². The first-order chi connectivity index (χ1) is 9.78. The van der Waals surface area contributed by atoms with Gasteiger partial charge in [-0.05, 0) is 31.7 Å². The van der Waals surface area contributed by atoms with Crippen LogP contribution in [-0.2, 0) is 0 Å². The zero-order valence-electron chi connectivity index (χ0n) is 12.9. The van der Waals surface area contributed by atoms with Crippen LogP contribution >= 0.6 is 0 Å². The number of rotatable bonds is 0. The Morgan fingerprint density at radius 2 is 1.76 bits per heavy atom. The number of fused-ring (bicyclic) bond motifs is 4. The molecule has 110 valence electrons. The Morgan fingerprint density at radius 1 is 1.10 bits per heavy atom. The minimum Gasteiger partial charge on any atom is -0.454 e. The van der Waals surface area contributed by atoms with E-state index in [1.54, 1.807) is 0 Å². The SMILES string of the molecule is CC1(C)C=C2C(=[N+](O)c3cc4c(cc32)OCO4)C(C)(C)C1. The average molecular weight is 286 g/mol. The largest absolute Gasteiger partial charge is 0.454 e. The topological polar surface area (TPSA) is 41.7 Å². The van der Waals surface area contributed by atoms with Crippen LogP contribution in [0, 0.1) is 10.8 Å². The molecule has 0 saturated carbocycles. The molecule has 0 aromatic heterocycles. The lowest BCUT2D eigenvalue weighted by atomic mass is 9.65. The Balaban J connectivity index is 2.00. The molecule has 0 radical (unpaired) electrons. The van der Waals surface area contributed by atoms with Crippen LogP contribution in [0.3, 0.4) is 0 Å². The van der Waals surface area contributed by atoms with Crippen molar-refractivity contribution >= 4 is 17.0 Å². The molecule has 0 fully saturated rings. The zero-order chi connectivity index (χ0) is 15.0. The third kappa shape index (κ3) is 1.65. The first-order valence-corrected chi connectivity index (χ1v) is 7.32. The summed E-state index contributed by atoms with van der Waals surface area (Å²) in [5, 5.41) is 10.7. The highest BCUT2D eigenvalue weighted by Gasteiger charge is 2.51. The molecule has 2 heterocycles. The third-order valence-corrected chi connectivity index (χ3v) is 4.55. The fourth-order valence-corrected chi connectivity index (χ4v) is 4.15. The zero-order valence-corrected chi connectivity index (χ0v) is 12.9. The Morgan fingerprint density at radius 3 is 2.48 bits per heavy atom. The number of benzene rings is 1. The van der Waals surface area contributed by atoms with Gasteiger partial charge in [-0.25, -0.2) is 0 Å². The highest BCUT2D eigenvalue weighted by atomic mass is 16.7. The number of ether oxygens (including phenoxy) is 2. The molecular formula is C17H20NO3+. The Kier molecular flexibility index (Phi) is 2.19. The molecule has 1 aliphatic carbocycles. The monoisotopic (exact) mass is 286 g/mol. The lowest BCUT2D eigenvalue weighted by Gasteiger charge is -2.35. The van der Waals surface area contributed by atoms with Gasteiger partial charge in [0.1, 0.15) is 0 Å². The Hall–Kier alpha value is -1.97. The van der Waals surface area contributed by atoms with Crippen molar-refractivity contribution < 1.29 is 19.4 Å². The number of allylic oxidation sites excluding steroid dienone is 2. The second-order valence-corrected chi connectivity index (χ2v) is 7.49. The van der Waals surface area contributed by atoms with E-state index >= 15 is 0 Å². The van der Waals surface area contributed by atoms with Crippen molar-refractivity contribution in [2.45, 2.75) is 34.1 Å². The number of hydrogen-bond acceptors (Lipinski definition) is 3. The smallest absolute Gasteiger partial charge is 0.269 e. The molecule has 4 rings (SSSR count). The molecule has 1 aromatic rings. The van der Waals surface area contributed by atoms with E-state index in [0.717, 1.165) is 34.7 Å². The van der Waals surface area contributed by atoms with Crippen molar-refractivity contribution in [2.24, 2.45) is 10.8 Å². The van der Waals surface area contributed by atoms with Gasteiger partial charge in [0.15, 0.2) is 11.5 Å². The maximum Gasteiger partial charge on any atom is 0.269 e. The Labute approximate surface area is 124 Å². The van der Waals surface area contributed by atoms with E-state index in [4.69, 9.17) is 9.47 Å². The number of hydrogen-bond donors (Lipinski definition) is 1. The summed E-state index contributed by atoms with van der Waals surface area (Å²) in [7, 11) is 0. The molecule has 21 heavy (non-hydrogen) atoms. The van der Waals surface area contributed by atoms with Crippen LogP contribution in [-0.4, -0.2) is 22.5 Å². The predicted octanol–water partition coefficient (Wildman–Crippen LogP) is 3.74. The summed E-state index contributed by atoms with van der Waals surface area (Å²) in [6.07, 6.45) is 3.27. The first kappa shape index (κ1) is 12.7. The van der Waals surface area contributed by atoms with Crippen molar-refractivity contribution in [3.05, 3.63) is 23.8 Å². The van der Waals surface area contributed by atoms with E-state index < -0.39 is 0 Å². The Bertz CT molecular complexity index is 726.